The second-order valence-electron chi connectivity index (χ2n) is 6.32. The molecule has 0 saturated heterocycles. The lowest BCUT2D eigenvalue weighted by atomic mass is 10.3. The SMILES string of the molecule is Cc1nnc(SCc2nc(C(=O)NCCN(C)C)cs2)n1-c1cccc(Cl)c1. The monoisotopic (exact) mass is 436 g/mol. The fourth-order valence-electron chi connectivity index (χ4n) is 2.44. The fraction of sp³-hybridized carbons (Fsp3) is 0.333. The van der Waals surface area contributed by atoms with Crippen molar-refractivity contribution in [3.63, 3.8) is 0 Å². The molecule has 3 rings (SSSR count). The number of hydrogen-bond acceptors (Lipinski definition) is 7. The van der Waals surface area contributed by atoms with Gasteiger partial charge in [0.05, 0.1) is 11.4 Å². The first-order chi connectivity index (χ1) is 13.4. The van der Waals surface area contributed by atoms with Crippen molar-refractivity contribution in [1.29, 1.82) is 0 Å². The maximum absolute atomic E-state index is 12.2. The van der Waals surface area contributed by atoms with E-state index in [1.54, 1.807) is 5.38 Å². The van der Waals surface area contributed by atoms with E-state index in [0.29, 0.717) is 23.0 Å². The van der Waals surface area contributed by atoms with Crippen LogP contribution in [0.1, 0.15) is 21.3 Å². The van der Waals surface area contributed by atoms with Crippen LogP contribution in [0.5, 0.6) is 0 Å². The van der Waals surface area contributed by atoms with Gasteiger partial charge in [-0.15, -0.1) is 21.5 Å². The number of nitrogens with one attached hydrogen (secondary N) is 1. The van der Waals surface area contributed by atoms with Gasteiger partial charge in [-0.25, -0.2) is 4.98 Å². The molecule has 1 N–H and O–H groups in total. The van der Waals surface area contributed by atoms with Crippen molar-refractivity contribution in [2.75, 3.05) is 27.2 Å². The number of nitrogens with zero attached hydrogens (tertiary/aromatic N) is 5. The quantitative estimate of drug-likeness (QED) is 0.546. The highest BCUT2D eigenvalue weighted by Gasteiger charge is 2.15. The lowest BCUT2D eigenvalue weighted by molar-refractivity contribution is 0.0946. The molecule has 0 radical (unpaired) electrons. The van der Waals surface area contributed by atoms with Gasteiger partial charge in [0.15, 0.2) is 5.16 Å². The third-order valence-electron chi connectivity index (χ3n) is 3.82. The summed E-state index contributed by atoms with van der Waals surface area (Å²) in [5.41, 5.74) is 1.37. The Balaban J connectivity index is 1.64. The Labute approximate surface area is 177 Å². The van der Waals surface area contributed by atoms with Crippen molar-refractivity contribution in [2.24, 2.45) is 0 Å². The predicted molar refractivity (Wildman–Crippen MR) is 114 cm³/mol. The molecule has 7 nitrogen and oxygen atoms in total. The van der Waals surface area contributed by atoms with Crippen molar-refractivity contribution >= 4 is 40.6 Å². The van der Waals surface area contributed by atoms with E-state index in [1.807, 2.05) is 54.8 Å². The molecule has 0 saturated carbocycles. The van der Waals surface area contributed by atoms with Crippen LogP contribution in [0.3, 0.4) is 0 Å². The second-order valence-corrected chi connectivity index (χ2v) is 8.64. The van der Waals surface area contributed by atoms with Gasteiger partial charge in [-0.3, -0.25) is 9.36 Å². The Morgan fingerprint density at radius 1 is 1.36 bits per heavy atom. The van der Waals surface area contributed by atoms with Crippen LogP contribution in [0.25, 0.3) is 5.69 Å². The Bertz CT molecular complexity index is 955. The van der Waals surface area contributed by atoms with Crippen LogP contribution >= 0.6 is 34.7 Å². The van der Waals surface area contributed by atoms with E-state index in [0.717, 1.165) is 28.2 Å². The van der Waals surface area contributed by atoms with Crippen LogP contribution in [0.4, 0.5) is 0 Å². The lowest BCUT2D eigenvalue weighted by Crippen LogP contribution is -2.31. The minimum absolute atomic E-state index is 0.146. The van der Waals surface area contributed by atoms with Crippen molar-refractivity contribution in [2.45, 2.75) is 17.8 Å². The zero-order valence-electron chi connectivity index (χ0n) is 15.8. The molecule has 148 valence electrons. The minimum atomic E-state index is -0.146. The first-order valence-electron chi connectivity index (χ1n) is 8.62. The third-order valence-corrected chi connectivity index (χ3v) is 6.02. The zero-order valence-corrected chi connectivity index (χ0v) is 18.2. The first kappa shape index (κ1) is 20.8. The molecule has 0 bridgehead atoms. The molecule has 3 aromatic rings. The molecular weight excluding hydrogens is 416 g/mol. The molecule has 2 heterocycles. The molecule has 0 aliphatic carbocycles. The van der Waals surface area contributed by atoms with Gasteiger partial charge in [0.2, 0.25) is 0 Å². The standard InChI is InChI=1S/C18H21ClN6OS2/c1-12-22-23-18(25(12)14-6-4-5-13(19)9-14)28-11-16-21-15(10-27-16)17(26)20-7-8-24(2)3/h4-6,9-10H,7-8,11H2,1-3H3,(H,20,26). The summed E-state index contributed by atoms with van der Waals surface area (Å²) < 4.78 is 1.96. The highest BCUT2D eigenvalue weighted by Crippen LogP contribution is 2.27. The van der Waals surface area contributed by atoms with Crippen LogP contribution in [0, 0.1) is 6.92 Å². The highest BCUT2D eigenvalue weighted by atomic mass is 35.5. The Morgan fingerprint density at radius 3 is 2.93 bits per heavy atom. The van der Waals surface area contributed by atoms with E-state index in [2.05, 4.69) is 20.5 Å². The van der Waals surface area contributed by atoms with Gasteiger partial charge in [-0.2, -0.15) is 0 Å². The van der Waals surface area contributed by atoms with E-state index in [-0.39, 0.29) is 5.91 Å². The van der Waals surface area contributed by atoms with Crippen LogP contribution in [-0.4, -0.2) is 57.7 Å². The number of hydrogen-bond donors (Lipinski definition) is 1. The van der Waals surface area contributed by atoms with Crippen molar-refractivity contribution < 1.29 is 4.79 Å². The summed E-state index contributed by atoms with van der Waals surface area (Å²) in [5.74, 6) is 1.24. The van der Waals surface area contributed by atoms with Gasteiger partial charge in [0.25, 0.3) is 5.91 Å². The molecule has 28 heavy (non-hydrogen) atoms. The average molecular weight is 437 g/mol. The van der Waals surface area contributed by atoms with Crippen LogP contribution in [0.15, 0.2) is 34.8 Å². The molecule has 0 aliphatic rings. The van der Waals surface area contributed by atoms with Gasteiger partial charge in [0, 0.05) is 23.5 Å². The number of carbonyl (C=O) groups is 1. The van der Waals surface area contributed by atoms with Gasteiger partial charge >= 0.3 is 0 Å². The summed E-state index contributed by atoms with van der Waals surface area (Å²) in [6.07, 6.45) is 0. The van der Waals surface area contributed by atoms with E-state index in [1.165, 1.54) is 23.1 Å². The second kappa shape index (κ2) is 9.51. The maximum Gasteiger partial charge on any atom is 0.270 e. The molecule has 10 heteroatoms. The summed E-state index contributed by atoms with van der Waals surface area (Å²) >= 11 is 9.11. The summed E-state index contributed by atoms with van der Waals surface area (Å²) in [6, 6.07) is 7.57. The van der Waals surface area contributed by atoms with Crippen LogP contribution in [0.2, 0.25) is 5.02 Å². The molecule has 1 aromatic carbocycles. The summed E-state index contributed by atoms with van der Waals surface area (Å²) in [6.45, 7) is 3.28. The molecule has 1 amide bonds. The third kappa shape index (κ3) is 5.32. The number of aryl methyl sites for hydroxylation is 1. The fourth-order valence-corrected chi connectivity index (χ4v) is 4.41. The van der Waals surface area contributed by atoms with Crippen LogP contribution in [-0.2, 0) is 5.75 Å². The summed E-state index contributed by atoms with van der Waals surface area (Å²) in [4.78, 5) is 18.6. The van der Waals surface area contributed by atoms with Crippen molar-refractivity contribution in [3.8, 4) is 5.69 Å². The first-order valence-corrected chi connectivity index (χ1v) is 10.9. The van der Waals surface area contributed by atoms with Gasteiger partial charge in [-0.1, -0.05) is 29.4 Å². The number of aromatic nitrogens is 4. The molecule has 0 fully saturated rings. The lowest BCUT2D eigenvalue weighted by Gasteiger charge is -2.09. The number of likely N-dealkylation sites (N-methyl/N-ethyl adjacent to an activating group) is 1. The Hall–Kier alpha value is -1.94. The van der Waals surface area contributed by atoms with E-state index in [4.69, 9.17) is 11.6 Å². The van der Waals surface area contributed by atoms with Gasteiger partial charge < -0.3 is 10.2 Å². The number of thiazole rings is 1. The largest absolute Gasteiger partial charge is 0.349 e. The normalized spacial score (nSPS) is 11.2. The molecule has 2 aromatic heterocycles. The number of benzene rings is 1. The predicted octanol–water partition coefficient (Wildman–Crippen LogP) is 3.27. The number of carbonyl (C=O) groups excluding carboxylic acids is 1. The molecule has 0 spiro atoms. The van der Waals surface area contributed by atoms with Gasteiger partial charge in [0.1, 0.15) is 16.5 Å². The molecule has 0 aliphatic heterocycles. The van der Waals surface area contributed by atoms with E-state index >= 15 is 0 Å². The number of halogens is 1. The Kier molecular flexibility index (Phi) is 7.06. The van der Waals surface area contributed by atoms with Crippen LogP contribution < -0.4 is 5.32 Å². The van der Waals surface area contributed by atoms with E-state index < -0.39 is 0 Å². The van der Waals surface area contributed by atoms with Crippen molar-refractivity contribution in [1.82, 2.24) is 30.0 Å². The number of rotatable bonds is 8. The topological polar surface area (TPSA) is 75.9 Å². The summed E-state index contributed by atoms with van der Waals surface area (Å²) in [5, 5.41) is 15.4. The number of thioether (sulfide) groups is 1. The Morgan fingerprint density at radius 2 is 2.18 bits per heavy atom. The number of amides is 1. The van der Waals surface area contributed by atoms with E-state index in [9.17, 15) is 4.79 Å². The molecular formula is C18H21ClN6OS2. The highest BCUT2D eigenvalue weighted by molar-refractivity contribution is 7.98. The summed E-state index contributed by atoms with van der Waals surface area (Å²) in [7, 11) is 3.93. The maximum atomic E-state index is 12.2. The minimum Gasteiger partial charge on any atom is -0.349 e. The van der Waals surface area contributed by atoms with Gasteiger partial charge in [-0.05, 0) is 39.2 Å². The zero-order chi connectivity index (χ0) is 20.1. The average Bonchev–Trinajstić information content (AvgIpc) is 3.26. The molecule has 0 unspecified atom stereocenters. The smallest absolute Gasteiger partial charge is 0.270 e. The molecule has 0 atom stereocenters. The van der Waals surface area contributed by atoms with Crippen molar-refractivity contribution in [3.05, 3.63) is 51.2 Å².